The Balaban J connectivity index is 2.17. The first-order valence-electron chi connectivity index (χ1n) is 7.17. The van der Waals surface area contributed by atoms with E-state index in [0.29, 0.717) is 24.3 Å². The topological polar surface area (TPSA) is 113 Å². The van der Waals surface area contributed by atoms with E-state index in [1.54, 1.807) is 0 Å². The normalized spacial score (nSPS) is 26.3. The van der Waals surface area contributed by atoms with E-state index in [9.17, 15) is 4.79 Å². The van der Waals surface area contributed by atoms with Gasteiger partial charge < -0.3 is 16.3 Å². The average Bonchev–Trinajstić information content (AvgIpc) is 2.55. The highest BCUT2D eigenvalue weighted by molar-refractivity contribution is 6.00. The second kappa shape index (κ2) is 6.51. The first-order valence-corrected chi connectivity index (χ1v) is 7.17. The molecule has 0 bridgehead atoms. The van der Waals surface area contributed by atoms with Crippen LogP contribution >= 0.6 is 0 Å². The monoisotopic (exact) mass is 291 g/mol. The molecule has 0 atom stereocenters. The Morgan fingerprint density at radius 2 is 2.10 bits per heavy atom. The Bertz CT molecular complexity index is 509. The van der Waals surface area contributed by atoms with Gasteiger partial charge in [0.2, 0.25) is 0 Å². The molecule has 4 N–H and O–H groups in total. The number of amidine groups is 1. The highest BCUT2D eigenvalue weighted by Crippen LogP contribution is 2.34. The van der Waals surface area contributed by atoms with E-state index in [1.165, 1.54) is 18.7 Å². The number of carbonyl (C=O) groups is 1. The van der Waals surface area contributed by atoms with E-state index < -0.39 is 5.54 Å². The summed E-state index contributed by atoms with van der Waals surface area (Å²) in [5.74, 6) is 0.376. The van der Waals surface area contributed by atoms with E-state index in [0.717, 1.165) is 19.3 Å². The summed E-state index contributed by atoms with van der Waals surface area (Å²) in [5, 5.41) is 15.1. The predicted molar refractivity (Wildman–Crippen MR) is 77.9 cm³/mol. The number of hydrogen-bond donors (Lipinski definition) is 3. The van der Waals surface area contributed by atoms with Gasteiger partial charge in [-0.2, -0.15) is 0 Å². The fourth-order valence-electron chi connectivity index (χ4n) is 2.83. The van der Waals surface area contributed by atoms with Gasteiger partial charge in [0.15, 0.2) is 5.84 Å². The molecule has 114 valence electrons. The predicted octanol–water partition coefficient (Wildman–Crippen LogP) is 1.29. The minimum atomic E-state index is -0.784. The molecule has 0 radical (unpaired) electrons. The third kappa shape index (κ3) is 3.29. The summed E-state index contributed by atoms with van der Waals surface area (Å²) in [6, 6.07) is 0. The van der Waals surface area contributed by atoms with Gasteiger partial charge >= 0.3 is 0 Å². The molecule has 7 nitrogen and oxygen atoms in total. The van der Waals surface area contributed by atoms with Crippen molar-refractivity contribution in [1.29, 1.82) is 0 Å². The number of hydrogen-bond acceptors (Lipinski definition) is 5. The molecule has 0 spiro atoms. The van der Waals surface area contributed by atoms with Gasteiger partial charge in [0.25, 0.3) is 5.91 Å². The van der Waals surface area contributed by atoms with Crippen LogP contribution in [0.1, 0.15) is 49.4 Å². The summed E-state index contributed by atoms with van der Waals surface area (Å²) in [6.45, 7) is 2.15. The van der Waals surface area contributed by atoms with Crippen molar-refractivity contribution in [3.8, 4) is 0 Å². The Morgan fingerprint density at radius 1 is 1.48 bits per heavy atom. The SMILES string of the molecule is CCC1CCC(NC(=O)c2cncnc2)(C(N)=NO)CC1. The molecule has 2 rings (SSSR count). The van der Waals surface area contributed by atoms with Gasteiger partial charge in [-0.1, -0.05) is 18.5 Å². The molecule has 1 aromatic heterocycles. The van der Waals surface area contributed by atoms with Gasteiger partial charge in [-0.15, -0.1) is 0 Å². The number of nitrogens with zero attached hydrogens (tertiary/aromatic N) is 3. The van der Waals surface area contributed by atoms with E-state index in [2.05, 4.69) is 27.4 Å². The standard InChI is InChI=1S/C14H21N5O2/c1-2-10-3-5-14(6-4-10,13(15)19-21)18-12(20)11-7-16-9-17-8-11/h7-10,21H,2-6H2,1H3,(H2,15,19)(H,18,20). The minimum Gasteiger partial charge on any atom is -0.409 e. The summed E-state index contributed by atoms with van der Waals surface area (Å²) in [7, 11) is 0. The van der Waals surface area contributed by atoms with Crippen molar-refractivity contribution in [2.45, 2.75) is 44.6 Å². The smallest absolute Gasteiger partial charge is 0.255 e. The first kappa shape index (κ1) is 15.2. The molecule has 1 fully saturated rings. The molecule has 1 heterocycles. The Labute approximate surface area is 123 Å². The lowest BCUT2D eigenvalue weighted by Crippen LogP contribution is -2.59. The molecule has 1 amide bonds. The average molecular weight is 291 g/mol. The molecule has 0 aliphatic heterocycles. The summed E-state index contributed by atoms with van der Waals surface area (Å²) < 4.78 is 0. The van der Waals surface area contributed by atoms with Crippen LogP contribution in [0.4, 0.5) is 0 Å². The molecule has 0 unspecified atom stereocenters. The molecule has 1 aliphatic rings. The zero-order chi connectivity index (χ0) is 15.3. The van der Waals surface area contributed by atoms with Crippen LogP contribution in [0.15, 0.2) is 23.9 Å². The van der Waals surface area contributed by atoms with Gasteiger partial charge in [-0.3, -0.25) is 4.79 Å². The van der Waals surface area contributed by atoms with Gasteiger partial charge in [0.1, 0.15) is 11.9 Å². The number of nitrogens with two attached hydrogens (primary N) is 1. The van der Waals surface area contributed by atoms with Gasteiger partial charge in [0, 0.05) is 12.4 Å². The number of carbonyl (C=O) groups excluding carboxylic acids is 1. The second-order valence-corrected chi connectivity index (χ2v) is 5.50. The lowest BCUT2D eigenvalue weighted by atomic mass is 9.74. The second-order valence-electron chi connectivity index (χ2n) is 5.50. The lowest BCUT2D eigenvalue weighted by Gasteiger charge is -2.39. The molecule has 0 aromatic carbocycles. The van der Waals surface area contributed by atoms with Crippen LogP contribution in [0, 0.1) is 5.92 Å². The zero-order valence-electron chi connectivity index (χ0n) is 12.1. The van der Waals surface area contributed by atoms with Crippen LogP contribution < -0.4 is 11.1 Å². The number of nitrogens with one attached hydrogen (secondary N) is 1. The fraction of sp³-hybridized carbons (Fsp3) is 0.571. The Morgan fingerprint density at radius 3 is 2.62 bits per heavy atom. The molecule has 1 saturated carbocycles. The molecular formula is C14H21N5O2. The van der Waals surface area contributed by atoms with Crippen molar-refractivity contribution in [2.75, 3.05) is 0 Å². The molecule has 7 heteroatoms. The summed E-state index contributed by atoms with van der Waals surface area (Å²) >= 11 is 0. The number of aromatic nitrogens is 2. The third-order valence-corrected chi connectivity index (χ3v) is 4.31. The fourth-order valence-corrected chi connectivity index (χ4v) is 2.83. The van der Waals surface area contributed by atoms with E-state index in [1.807, 2.05) is 0 Å². The molecule has 1 aromatic rings. The van der Waals surface area contributed by atoms with Crippen molar-refractivity contribution in [3.05, 3.63) is 24.3 Å². The van der Waals surface area contributed by atoms with Crippen molar-refractivity contribution in [2.24, 2.45) is 16.8 Å². The van der Waals surface area contributed by atoms with Crippen LogP contribution in [-0.2, 0) is 0 Å². The maximum atomic E-state index is 12.3. The van der Waals surface area contributed by atoms with Crippen molar-refractivity contribution < 1.29 is 10.0 Å². The lowest BCUT2D eigenvalue weighted by molar-refractivity contribution is 0.0894. The molecule has 21 heavy (non-hydrogen) atoms. The molecule has 1 aliphatic carbocycles. The van der Waals surface area contributed by atoms with E-state index >= 15 is 0 Å². The van der Waals surface area contributed by atoms with Gasteiger partial charge in [-0.25, -0.2) is 9.97 Å². The van der Waals surface area contributed by atoms with Crippen LogP contribution in [0.2, 0.25) is 0 Å². The Hall–Kier alpha value is -2.18. The maximum absolute atomic E-state index is 12.3. The van der Waals surface area contributed by atoms with Crippen LogP contribution in [-0.4, -0.2) is 32.5 Å². The third-order valence-electron chi connectivity index (χ3n) is 4.31. The quantitative estimate of drug-likeness (QED) is 0.335. The van der Waals surface area contributed by atoms with E-state index in [4.69, 9.17) is 10.9 Å². The van der Waals surface area contributed by atoms with Crippen LogP contribution in [0.5, 0.6) is 0 Å². The summed E-state index contributed by atoms with van der Waals surface area (Å²) in [5.41, 5.74) is 5.43. The highest BCUT2D eigenvalue weighted by atomic mass is 16.4. The highest BCUT2D eigenvalue weighted by Gasteiger charge is 2.40. The molecule has 0 saturated heterocycles. The minimum absolute atomic E-state index is 0.0576. The molecular weight excluding hydrogens is 270 g/mol. The number of rotatable bonds is 4. The summed E-state index contributed by atoms with van der Waals surface area (Å²) in [6.07, 6.45) is 8.58. The largest absolute Gasteiger partial charge is 0.409 e. The first-order chi connectivity index (χ1) is 10.1. The van der Waals surface area contributed by atoms with Crippen LogP contribution in [0.25, 0.3) is 0 Å². The Kier molecular flexibility index (Phi) is 4.72. The maximum Gasteiger partial charge on any atom is 0.255 e. The van der Waals surface area contributed by atoms with Gasteiger partial charge in [0.05, 0.1) is 5.56 Å². The van der Waals surface area contributed by atoms with Crippen LogP contribution in [0.3, 0.4) is 0 Å². The van der Waals surface area contributed by atoms with Crippen molar-refractivity contribution in [1.82, 2.24) is 15.3 Å². The zero-order valence-corrected chi connectivity index (χ0v) is 12.1. The van der Waals surface area contributed by atoms with Crippen molar-refractivity contribution >= 4 is 11.7 Å². The van der Waals surface area contributed by atoms with E-state index in [-0.39, 0.29) is 11.7 Å². The summed E-state index contributed by atoms with van der Waals surface area (Å²) in [4.78, 5) is 20.0. The number of amides is 1. The van der Waals surface area contributed by atoms with Crippen molar-refractivity contribution in [3.63, 3.8) is 0 Å². The number of oxime groups is 1. The van der Waals surface area contributed by atoms with Gasteiger partial charge in [-0.05, 0) is 31.6 Å².